The molecule has 0 saturated heterocycles. The number of carbonyl (C=O) groups is 1. The van der Waals surface area contributed by atoms with Crippen LogP contribution in [0.25, 0.3) is 0 Å². The normalized spacial score (nSPS) is 17.4. The molecule has 6 nitrogen and oxygen atoms in total. The zero-order valence-corrected chi connectivity index (χ0v) is 17.1. The third kappa shape index (κ3) is 4.04. The molecule has 0 N–H and O–H groups in total. The lowest BCUT2D eigenvalue weighted by Crippen LogP contribution is -2.41. The molecule has 2 aromatic rings. The van der Waals surface area contributed by atoms with Crippen LogP contribution in [0.1, 0.15) is 21.5 Å². The first-order valence-electron chi connectivity index (χ1n) is 8.79. The number of amides is 1. The molecule has 0 fully saturated rings. The molecule has 1 heterocycles. The molecule has 28 heavy (non-hydrogen) atoms. The molecule has 0 aromatic heterocycles. The Morgan fingerprint density at radius 3 is 2.25 bits per heavy atom. The number of ether oxygens (including phenoxy) is 2. The van der Waals surface area contributed by atoms with Crippen LogP contribution >= 0.6 is 0 Å². The Labute approximate surface area is 165 Å². The number of nitrogens with zero attached hydrogens (tertiary/aromatic N) is 1. The predicted octanol–water partition coefficient (Wildman–Crippen LogP) is 3.28. The smallest absolute Gasteiger partial charge is 0.258 e. The molecule has 0 unspecified atom stereocenters. The van der Waals surface area contributed by atoms with Gasteiger partial charge in [-0.2, -0.15) is 0 Å². The van der Waals surface area contributed by atoms with E-state index in [9.17, 15) is 13.2 Å². The second-order valence-corrected chi connectivity index (χ2v) is 8.75. The number of methoxy groups -OCH3 is 2. The van der Waals surface area contributed by atoms with E-state index in [-0.39, 0.29) is 11.7 Å². The van der Waals surface area contributed by atoms with Crippen molar-refractivity contribution in [2.24, 2.45) is 0 Å². The molecule has 2 aromatic carbocycles. The Balaban J connectivity index is 2.13. The first kappa shape index (κ1) is 19.9. The van der Waals surface area contributed by atoms with Crippen LogP contribution in [0.3, 0.4) is 0 Å². The number of aryl methyl sites for hydroxylation is 2. The summed E-state index contributed by atoms with van der Waals surface area (Å²) in [5.41, 5.74) is 2.89. The molecule has 0 spiro atoms. The van der Waals surface area contributed by atoms with E-state index in [2.05, 4.69) is 0 Å². The van der Waals surface area contributed by atoms with Gasteiger partial charge in [-0.1, -0.05) is 17.2 Å². The Bertz CT molecular complexity index is 1020. The highest BCUT2D eigenvalue weighted by atomic mass is 32.2. The van der Waals surface area contributed by atoms with Gasteiger partial charge in [-0.25, -0.2) is 8.42 Å². The summed E-state index contributed by atoms with van der Waals surface area (Å²) in [5.74, 6) is 0.546. The van der Waals surface area contributed by atoms with E-state index < -0.39 is 15.9 Å². The predicted molar refractivity (Wildman–Crippen MR) is 109 cm³/mol. The fourth-order valence-electron chi connectivity index (χ4n) is 3.38. The molecule has 0 saturated carbocycles. The van der Waals surface area contributed by atoms with E-state index in [1.165, 1.54) is 12.0 Å². The van der Waals surface area contributed by atoms with Gasteiger partial charge in [0.05, 0.1) is 31.7 Å². The molecule has 0 aliphatic carbocycles. The summed E-state index contributed by atoms with van der Waals surface area (Å²) < 4.78 is 34.7. The summed E-state index contributed by atoms with van der Waals surface area (Å²) in [6, 6.07) is 10.0. The van der Waals surface area contributed by atoms with Crippen molar-refractivity contribution in [1.82, 2.24) is 0 Å². The Kier molecular flexibility index (Phi) is 5.47. The van der Waals surface area contributed by atoms with E-state index in [4.69, 9.17) is 9.47 Å². The zero-order chi connectivity index (χ0) is 20.5. The average molecular weight is 401 g/mol. The van der Waals surface area contributed by atoms with Crippen LogP contribution in [-0.2, 0) is 9.84 Å². The van der Waals surface area contributed by atoms with Gasteiger partial charge in [-0.3, -0.25) is 9.69 Å². The maximum absolute atomic E-state index is 13.5. The minimum atomic E-state index is -3.35. The fourth-order valence-corrected chi connectivity index (χ4v) is 4.65. The second-order valence-electron chi connectivity index (χ2n) is 6.81. The number of carbonyl (C=O) groups excluding carboxylic acids is 1. The van der Waals surface area contributed by atoms with E-state index in [0.29, 0.717) is 22.7 Å². The van der Waals surface area contributed by atoms with Crippen molar-refractivity contribution in [3.05, 3.63) is 64.6 Å². The number of hydrogen-bond acceptors (Lipinski definition) is 5. The molecule has 3 rings (SSSR count). The van der Waals surface area contributed by atoms with Crippen molar-refractivity contribution in [1.29, 1.82) is 0 Å². The summed E-state index contributed by atoms with van der Waals surface area (Å²) in [6.07, 6.45) is 1.54. The fraction of sp³-hybridized carbons (Fsp3) is 0.286. The summed E-state index contributed by atoms with van der Waals surface area (Å²) in [4.78, 5) is 15.0. The van der Waals surface area contributed by atoms with Crippen molar-refractivity contribution >= 4 is 21.4 Å². The highest BCUT2D eigenvalue weighted by Gasteiger charge is 2.33. The van der Waals surface area contributed by atoms with Crippen molar-refractivity contribution in [3.63, 3.8) is 0 Å². The molecule has 1 amide bonds. The second kappa shape index (κ2) is 7.67. The van der Waals surface area contributed by atoms with Crippen molar-refractivity contribution in [2.45, 2.75) is 19.9 Å². The van der Waals surface area contributed by atoms with Gasteiger partial charge in [0.25, 0.3) is 5.91 Å². The van der Waals surface area contributed by atoms with Gasteiger partial charge < -0.3 is 9.47 Å². The van der Waals surface area contributed by atoms with E-state index in [0.717, 1.165) is 16.5 Å². The summed E-state index contributed by atoms with van der Waals surface area (Å²) >= 11 is 0. The van der Waals surface area contributed by atoms with Crippen molar-refractivity contribution in [3.8, 4) is 11.5 Å². The zero-order valence-electron chi connectivity index (χ0n) is 16.3. The molecule has 1 aliphatic rings. The number of sulfone groups is 1. The molecule has 0 bridgehead atoms. The molecule has 148 valence electrons. The van der Waals surface area contributed by atoms with Crippen LogP contribution < -0.4 is 14.4 Å². The molecule has 1 atom stereocenters. The summed E-state index contributed by atoms with van der Waals surface area (Å²) in [7, 11) is -0.313. The first-order valence-corrected chi connectivity index (χ1v) is 10.5. The monoisotopic (exact) mass is 401 g/mol. The summed E-state index contributed by atoms with van der Waals surface area (Å²) in [5, 5.41) is 1.16. The van der Waals surface area contributed by atoms with E-state index in [1.54, 1.807) is 43.5 Å². The number of hydrogen-bond donors (Lipinski definition) is 0. The molecule has 7 heteroatoms. The lowest BCUT2D eigenvalue weighted by molar-refractivity contribution is 0.0982. The van der Waals surface area contributed by atoms with E-state index >= 15 is 0 Å². The van der Waals surface area contributed by atoms with Crippen LogP contribution in [0.5, 0.6) is 11.5 Å². The Morgan fingerprint density at radius 2 is 1.71 bits per heavy atom. The number of anilines is 1. The van der Waals surface area contributed by atoms with Crippen LogP contribution in [0, 0.1) is 13.8 Å². The molecule has 0 radical (unpaired) electrons. The van der Waals surface area contributed by atoms with Crippen LogP contribution in [0.4, 0.5) is 5.69 Å². The SMILES string of the molecule is COc1ccc(N(C(=O)c2cc(C)cc(C)c2)[C@@H]2C=CS(=O)(=O)C2)c(OC)c1. The average Bonchev–Trinajstić information content (AvgIpc) is 3.00. The maximum Gasteiger partial charge on any atom is 0.258 e. The third-order valence-corrected chi connectivity index (χ3v) is 5.95. The third-order valence-electron chi connectivity index (χ3n) is 4.58. The molecular weight excluding hydrogens is 378 g/mol. The van der Waals surface area contributed by atoms with Gasteiger partial charge in [0.1, 0.15) is 11.5 Å². The highest BCUT2D eigenvalue weighted by molar-refractivity contribution is 7.94. The quantitative estimate of drug-likeness (QED) is 0.769. The van der Waals surface area contributed by atoms with Gasteiger partial charge in [0, 0.05) is 17.0 Å². The lowest BCUT2D eigenvalue weighted by Gasteiger charge is -2.29. The van der Waals surface area contributed by atoms with Crippen LogP contribution in [-0.4, -0.2) is 40.3 Å². The van der Waals surface area contributed by atoms with Gasteiger partial charge in [0.15, 0.2) is 9.84 Å². The van der Waals surface area contributed by atoms with Gasteiger partial charge in [-0.15, -0.1) is 0 Å². The minimum Gasteiger partial charge on any atom is -0.497 e. The van der Waals surface area contributed by atoms with Crippen LogP contribution in [0.2, 0.25) is 0 Å². The Morgan fingerprint density at radius 1 is 1.04 bits per heavy atom. The standard InChI is InChI=1S/C21H23NO5S/c1-14-9-15(2)11-16(10-14)21(23)22(17-7-8-28(24,25)13-17)19-6-5-18(26-3)12-20(19)27-4/h5-12,17H,13H2,1-4H3/t17-/m1/s1. The van der Waals surface area contributed by atoms with Gasteiger partial charge in [-0.05, 0) is 44.2 Å². The minimum absolute atomic E-state index is 0.168. The number of benzene rings is 2. The topological polar surface area (TPSA) is 72.9 Å². The number of rotatable bonds is 5. The first-order chi connectivity index (χ1) is 13.2. The maximum atomic E-state index is 13.5. The van der Waals surface area contributed by atoms with Gasteiger partial charge >= 0.3 is 0 Å². The lowest BCUT2D eigenvalue weighted by atomic mass is 10.0. The molecule has 1 aliphatic heterocycles. The van der Waals surface area contributed by atoms with Crippen molar-refractivity contribution in [2.75, 3.05) is 24.9 Å². The molecular formula is C21H23NO5S. The Hall–Kier alpha value is -2.80. The van der Waals surface area contributed by atoms with E-state index in [1.807, 2.05) is 19.9 Å². The van der Waals surface area contributed by atoms with Gasteiger partial charge in [0.2, 0.25) is 0 Å². The van der Waals surface area contributed by atoms with Crippen molar-refractivity contribution < 1.29 is 22.7 Å². The highest BCUT2D eigenvalue weighted by Crippen LogP contribution is 2.36. The summed E-state index contributed by atoms with van der Waals surface area (Å²) in [6.45, 7) is 3.84. The largest absolute Gasteiger partial charge is 0.497 e. The van der Waals surface area contributed by atoms with Crippen LogP contribution in [0.15, 0.2) is 47.9 Å².